The van der Waals surface area contributed by atoms with Gasteiger partial charge < -0.3 is 14.4 Å². The standard InChI is InChI=1S/C25H23N3O4S/c1-16-3-6-18(7-4-16)19-14-33-24-23(19)25(30)28(15-26-24)13-22(29)27(2)12-17-5-8-20-21(11-17)32-10-9-31-20/h3-8,11,14-15H,9-10,12-13H2,1-2H3. The van der Waals surface area contributed by atoms with E-state index in [-0.39, 0.29) is 18.0 Å². The molecule has 7 nitrogen and oxygen atoms in total. The van der Waals surface area contributed by atoms with Gasteiger partial charge in [-0.15, -0.1) is 11.3 Å². The lowest BCUT2D eigenvalue weighted by Gasteiger charge is -2.21. The molecule has 0 saturated heterocycles. The van der Waals surface area contributed by atoms with Crippen molar-refractivity contribution in [1.29, 1.82) is 0 Å². The summed E-state index contributed by atoms with van der Waals surface area (Å²) in [4.78, 5) is 32.9. The van der Waals surface area contributed by atoms with Gasteiger partial charge in [-0.05, 0) is 30.2 Å². The number of rotatable bonds is 5. The topological polar surface area (TPSA) is 73.7 Å². The highest BCUT2D eigenvalue weighted by Gasteiger charge is 2.18. The van der Waals surface area contributed by atoms with Crippen molar-refractivity contribution in [1.82, 2.24) is 14.5 Å². The summed E-state index contributed by atoms with van der Waals surface area (Å²) in [5.41, 5.74) is 3.68. The van der Waals surface area contributed by atoms with Crippen molar-refractivity contribution in [3.63, 3.8) is 0 Å². The second kappa shape index (κ2) is 8.71. The predicted molar refractivity (Wildman–Crippen MR) is 128 cm³/mol. The third-order valence-electron chi connectivity index (χ3n) is 5.68. The first-order valence-electron chi connectivity index (χ1n) is 10.7. The lowest BCUT2D eigenvalue weighted by molar-refractivity contribution is -0.131. The SMILES string of the molecule is Cc1ccc(-c2csc3ncn(CC(=O)N(C)Cc4ccc5c(c4)OCCO5)c(=O)c23)cc1. The molecule has 1 amide bonds. The van der Waals surface area contributed by atoms with Crippen LogP contribution < -0.4 is 15.0 Å². The number of likely N-dealkylation sites (N-methyl/N-ethyl adjacent to an activating group) is 1. The van der Waals surface area contributed by atoms with Gasteiger partial charge in [0.25, 0.3) is 5.56 Å². The number of carbonyl (C=O) groups is 1. The van der Waals surface area contributed by atoms with E-state index < -0.39 is 0 Å². The van der Waals surface area contributed by atoms with Crippen LogP contribution in [0.1, 0.15) is 11.1 Å². The van der Waals surface area contributed by atoms with E-state index in [9.17, 15) is 9.59 Å². The summed E-state index contributed by atoms with van der Waals surface area (Å²) in [6, 6.07) is 13.7. The number of nitrogens with zero attached hydrogens (tertiary/aromatic N) is 3. The number of ether oxygens (including phenoxy) is 2. The van der Waals surface area contributed by atoms with Crippen LogP contribution in [0.5, 0.6) is 11.5 Å². The van der Waals surface area contributed by atoms with Crippen LogP contribution in [0.15, 0.2) is 59.0 Å². The number of fused-ring (bicyclic) bond motifs is 2. The highest BCUT2D eigenvalue weighted by molar-refractivity contribution is 7.17. The van der Waals surface area contributed by atoms with Crippen molar-refractivity contribution >= 4 is 27.5 Å². The van der Waals surface area contributed by atoms with Crippen LogP contribution >= 0.6 is 11.3 Å². The molecule has 168 valence electrons. The molecule has 0 saturated carbocycles. The van der Waals surface area contributed by atoms with Crippen LogP contribution in [0.4, 0.5) is 0 Å². The number of hydrogen-bond donors (Lipinski definition) is 0. The minimum Gasteiger partial charge on any atom is -0.486 e. The lowest BCUT2D eigenvalue weighted by atomic mass is 10.1. The summed E-state index contributed by atoms with van der Waals surface area (Å²) in [7, 11) is 1.72. The largest absolute Gasteiger partial charge is 0.486 e. The zero-order valence-corrected chi connectivity index (χ0v) is 19.2. The first-order valence-corrected chi connectivity index (χ1v) is 11.5. The van der Waals surface area contributed by atoms with Gasteiger partial charge in [-0.25, -0.2) is 4.98 Å². The van der Waals surface area contributed by atoms with Gasteiger partial charge >= 0.3 is 0 Å². The van der Waals surface area contributed by atoms with Crippen LogP contribution in [0, 0.1) is 6.92 Å². The third-order valence-corrected chi connectivity index (χ3v) is 6.57. The maximum Gasteiger partial charge on any atom is 0.263 e. The molecule has 0 spiro atoms. The number of hydrogen-bond acceptors (Lipinski definition) is 6. The van der Waals surface area contributed by atoms with Gasteiger partial charge in [0.1, 0.15) is 24.6 Å². The molecule has 33 heavy (non-hydrogen) atoms. The average molecular weight is 462 g/mol. The molecule has 0 fully saturated rings. The Kier molecular flexibility index (Phi) is 5.60. The predicted octanol–water partition coefficient (Wildman–Crippen LogP) is 3.86. The Labute approximate surface area is 194 Å². The highest BCUT2D eigenvalue weighted by atomic mass is 32.1. The molecule has 0 bridgehead atoms. The summed E-state index contributed by atoms with van der Waals surface area (Å²) in [6.45, 7) is 3.39. The number of aromatic nitrogens is 2. The van der Waals surface area contributed by atoms with E-state index in [1.807, 2.05) is 54.8 Å². The molecular weight excluding hydrogens is 438 g/mol. The monoisotopic (exact) mass is 461 g/mol. The van der Waals surface area contributed by atoms with Crippen LogP contribution in [0.2, 0.25) is 0 Å². The molecule has 0 N–H and O–H groups in total. The minimum absolute atomic E-state index is 0.0774. The van der Waals surface area contributed by atoms with Crippen LogP contribution in [0.3, 0.4) is 0 Å². The fraction of sp³-hybridized carbons (Fsp3) is 0.240. The van der Waals surface area contributed by atoms with Gasteiger partial charge in [0.05, 0.1) is 11.7 Å². The molecule has 0 radical (unpaired) electrons. The van der Waals surface area contributed by atoms with Crippen molar-refractivity contribution < 1.29 is 14.3 Å². The van der Waals surface area contributed by atoms with E-state index >= 15 is 0 Å². The Bertz CT molecular complexity index is 1390. The molecule has 4 aromatic rings. The van der Waals surface area contributed by atoms with E-state index in [0.717, 1.165) is 22.3 Å². The lowest BCUT2D eigenvalue weighted by Crippen LogP contribution is -2.33. The number of thiophene rings is 1. The molecule has 3 heterocycles. The number of carbonyl (C=O) groups excluding carboxylic acids is 1. The number of amides is 1. The Morgan fingerprint density at radius 1 is 1.12 bits per heavy atom. The highest BCUT2D eigenvalue weighted by Crippen LogP contribution is 2.32. The molecule has 2 aromatic carbocycles. The zero-order valence-electron chi connectivity index (χ0n) is 18.4. The number of benzene rings is 2. The normalized spacial score (nSPS) is 12.7. The summed E-state index contributed by atoms with van der Waals surface area (Å²) in [5.74, 6) is 1.22. The average Bonchev–Trinajstić information content (AvgIpc) is 3.26. The summed E-state index contributed by atoms with van der Waals surface area (Å²) >= 11 is 1.43. The second-order valence-electron chi connectivity index (χ2n) is 8.10. The Morgan fingerprint density at radius 3 is 2.67 bits per heavy atom. The Hall–Kier alpha value is -3.65. The summed E-state index contributed by atoms with van der Waals surface area (Å²) in [5, 5.41) is 2.50. The number of aryl methyl sites for hydroxylation is 1. The fourth-order valence-corrected chi connectivity index (χ4v) is 4.75. The fourth-order valence-electron chi connectivity index (χ4n) is 3.84. The van der Waals surface area contributed by atoms with Crippen LogP contribution in [0.25, 0.3) is 21.3 Å². The first kappa shape index (κ1) is 21.2. The summed E-state index contributed by atoms with van der Waals surface area (Å²) in [6.07, 6.45) is 1.45. The summed E-state index contributed by atoms with van der Waals surface area (Å²) < 4.78 is 12.6. The maximum absolute atomic E-state index is 13.3. The van der Waals surface area contributed by atoms with Crippen molar-refractivity contribution in [3.8, 4) is 22.6 Å². The van der Waals surface area contributed by atoms with Gasteiger partial charge in [0, 0.05) is 24.5 Å². The van der Waals surface area contributed by atoms with E-state index in [0.29, 0.717) is 41.5 Å². The molecule has 1 aliphatic heterocycles. The van der Waals surface area contributed by atoms with E-state index in [1.165, 1.54) is 22.2 Å². The first-order chi connectivity index (χ1) is 16.0. The molecular formula is C25H23N3O4S. The third kappa shape index (κ3) is 4.21. The minimum atomic E-state index is -0.210. The van der Waals surface area contributed by atoms with E-state index in [4.69, 9.17) is 9.47 Å². The van der Waals surface area contributed by atoms with Crippen molar-refractivity contribution in [2.75, 3.05) is 20.3 Å². The molecule has 5 rings (SSSR count). The van der Waals surface area contributed by atoms with Crippen molar-refractivity contribution in [2.45, 2.75) is 20.0 Å². The van der Waals surface area contributed by atoms with Crippen molar-refractivity contribution in [3.05, 3.63) is 75.7 Å². The van der Waals surface area contributed by atoms with E-state index in [1.54, 1.807) is 11.9 Å². The molecule has 0 atom stereocenters. The second-order valence-corrected chi connectivity index (χ2v) is 8.96. The van der Waals surface area contributed by atoms with Gasteiger partial charge in [-0.1, -0.05) is 35.9 Å². The zero-order chi connectivity index (χ0) is 22.9. The smallest absolute Gasteiger partial charge is 0.263 e. The molecule has 1 aliphatic rings. The van der Waals surface area contributed by atoms with Gasteiger partial charge in [-0.3, -0.25) is 14.2 Å². The van der Waals surface area contributed by atoms with Crippen LogP contribution in [-0.2, 0) is 17.9 Å². The van der Waals surface area contributed by atoms with Gasteiger partial charge in [-0.2, -0.15) is 0 Å². The molecule has 0 aliphatic carbocycles. The Morgan fingerprint density at radius 2 is 1.88 bits per heavy atom. The molecule has 0 unspecified atom stereocenters. The molecule has 8 heteroatoms. The van der Waals surface area contributed by atoms with Crippen LogP contribution in [-0.4, -0.2) is 40.6 Å². The Balaban J connectivity index is 1.36. The molecule has 2 aromatic heterocycles. The van der Waals surface area contributed by atoms with Gasteiger partial charge in [0.2, 0.25) is 5.91 Å². The quantitative estimate of drug-likeness (QED) is 0.451. The van der Waals surface area contributed by atoms with Crippen molar-refractivity contribution in [2.24, 2.45) is 0 Å². The van der Waals surface area contributed by atoms with E-state index in [2.05, 4.69) is 4.98 Å². The maximum atomic E-state index is 13.3. The van der Waals surface area contributed by atoms with Gasteiger partial charge in [0.15, 0.2) is 11.5 Å².